The van der Waals surface area contributed by atoms with Crippen molar-refractivity contribution in [2.24, 2.45) is 0 Å². The molecule has 18 heavy (non-hydrogen) atoms. The molecule has 0 aliphatic carbocycles. The Bertz CT molecular complexity index is 445. The molecule has 0 spiro atoms. The maximum atomic E-state index is 6.26. The van der Waals surface area contributed by atoms with Crippen LogP contribution in [-0.2, 0) is 4.74 Å². The minimum Gasteiger partial charge on any atom is -0.378 e. The van der Waals surface area contributed by atoms with E-state index in [-0.39, 0.29) is 0 Å². The van der Waals surface area contributed by atoms with E-state index in [2.05, 4.69) is 30.7 Å². The minimum absolute atomic E-state index is 0.467. The van der Waals surface area contributed by atoms with Gasteiger partial charge in [0.1, 0.15) is 5.82 Å². The van der Waals surface area contributed by atoms with Crippen molar-refractivity contribution in [2.75, 3.05) is 44.3 Å². The fourth-order valence-electron chi connectivity index (χ4n) is 2.58. The molecule has 0 bridgehead atoms. The normalized spacial score (nSPS) is 25.0. The van der Waals surface area contributed by atoms with Gasteiger partial charge in [-0.2, -0.15) is 0 Å². The summed E-state index contributed by atoms with van der Waals surface area (Å²) in [5, 5.41) is 0.703. The van der Waals surface area contributed by atoms with Crippen molar-refractivity contribution in [2.45, 2.75) is 6.04 Å². The molecule has 3 rings (SSSR count). The van der Waals surface area contributed by atoms with Crippen LogP contribution >= 0.6 is 27.5 Å². The SMILES string of the molecule is Clc1cc(Br)cnc1N1CCN2CCOC[C@H]2C1. The van der Waals surface area contributed by atoms with Gasteiger partial charge in [-0.1, -0.05) is 11.6 Å². The van der Waals surface area contributed by atoms with E-state index in [1.807, 2.05) is 6.07 Å². The van der Waals surface area contributed by atoms with Crippen LogP contribution in [0.25, 0.3) is 0 Å². The second-order valence-electron chi connectivity index (χ2n) is 4.67. The molecule has 0 N–H and O–H groups in total. The number of anilines is 1. The Morgan fingerprint density at radius 2 is 2.28 bits per heavy atom. The van der Waals surface area contributed by atoms with Crippen molar-refractivity contribution in [3.8, 4) is 0 Å². The third-order valence-corrected chi connectivity index (χ3v) is 4.24. The molecule has 2 aliphatic rings. The Hall–Kier alpha value is -0.360. The molecular formula is C12H15BrClN3O. The van der Waals surface area contributed by atoms with Gasteiger partial charge >= 0.3 is 0 Å². The Labute approximate surface area is 120 Å². The number of pyridine rings is 1. The quantitative estimate of drug-likeness (QED) is 0.787. The number of nitrogens with zero attached hydrogens (tertiary/aromatic N) is 3. The predicted octanol–water partition coefficient (Wildman–Crippen LogP) is 2.02. The number of fused-ring (bicyclic) bond motifs is 1. The summed E-state index contributed by atoms with van der Waals surface area (Å²) in [6.07, 6.45) is 1.80. The molecule has 4 nitrogen and oxygen atoms in total. The predicted molar refractivity (Wildman–Crippen MR) is 75.3 cm³/mol. The number of hydrogen-bond donors (Lipinski definition) is 0. The molecule has 2 fully saturated rings. The van der Waals surface area contributed by atoms with E-state index in [0.717, 1.165) is 49.7 Å². The largest absolute Gasteiger partial charge is 0.378 e. The second kappa shape index (κ2) is 5.33. The van der Waals surface area contributed by atoms with E-state index in [1.54, 1.807) is 6.20 Å². The zero-order valence-electron chi connectivity index (χ0n) is 9.98. The van der Waals surface area contributed by atoms with Gasteiger partial charge in [-0.3, -0.25) is 4.90 Å². The van der Waals surface area contributed by atoms with Crippen LogP contribution in [0.15, 0.2) is 16.7 Å². The van der Waals surface area contributed by atoms with Crippen LogP contribution in [0.4, 0.5) is 5.82 Å². The molecule has 6 heteroatoms. The van der Waals surface area contributed by atoms with Crippen LogP contribution in [-0.4, -0.2) is 55.3 Å². The van der Waals surface area contributed by atoms with Crippen molar-refractivity contribution >= 4 is 33.3 Å². The van der Waals surface area contributed by atoms with Crippen LogP contribution in [0.3, 0.4) is 0 Å². The summed E-state index contributed by atoms with van der Waals surface area (Å²) < 4.78 is 6.46. The average molecular weight is 333 g/mol. The third kappa shape index (κ3) is 2.50. The second-order valence-corrected chi connectivity index (χ2v) is 5.99. The lowest BCUT2D eigenvalue weighted by atomic mass is 10.1. The molecule has 0 amide bonds. The topological polar surface area (TPSA) is 28.6 Å². The van der Waals surface area contributed by atoms with Crippen LogP contribution in [0.5, 0.6) is 0 Å². The summed E-state index contributed by atoms with van der Waals surface area (Å²) in [4.78, 5) is 9.17. The zero-order valence-corrected chi connectivity index (χ0v) is 12.3. The number of hydrogen-bond acceptors (Lipinski definition) is 4. The van der Waals surface area contributed by atoms with Crippen molar-refractivity contribution in [3.63, 3.8) is 0 Å². The number of rotatable bonds is 1. The zero-order chi connectivity index (χ0) is 12.5. The summed E-state index contributed by atoms with van der Waals surface area (Å²) in [5.41, 5.74) is 0. The van der Waals surface area contributed by atoms with Gasteiger partial charge in [-0.25, -0.2) is 4.98 Å². The first-order valence-corrected chi connectivity index (χ1v) is 7.29. The van der Waals surface area contributed by atoms with E-state index in [4.69, 9.17) is 16.3 Å². The van der Waals surface area contributed by atoms with Crippen molar-refractivity contribution in [3.05, 3.63) is 21.8 Å². The highest BCUT2D eigenvalue weighted by atomic mass is 79.9. The average Bonchev–Trinajstić information content (AvgIpc) is 2.38. The van der Waals surface area contributed by atoms with Gasteiger partial charge in [0, 0.05) is 36.8 Å². The van der Waals surface area contributed by atoms with Crippen LogP contribution in [0.2, 0.25) is 5.02 Å². The lowest BCUT2D eigenvalue weighted by Gasteiger charge is -2.44. The van der Waals surface area contributed by atoms with Gasteiger partial charge in [-0.05, 0) is 22.0 Å². The van der Waals surface area contributed by atoms with Crippen molar-refractivity contribution in [1.29, 1.82) is 0 Å². The molecule has 1 aromatic heterocycles. The summed E-state index contributed by atoms with van der Waals surface area (Å²) in [6, 6.07) is 2.36. The fourth-order valence-corrected chi connectivity index (χ4v) is 3.33. The molecule has 3 heterocycles. The maximum absolute atomic E-state index is 6.26. The van der Waals surface area contributed by atoms with Gasteiger partial charge in [0.25, 0.3) is 0 Å². The van der Waals surface area contributed by atoms with E-state index >= 15 is 0 Å². The highest BCUT2D eigenvalue weighted by Crippen LogP contribution is 2.28. The Balaban J connectivity index is 1.77. The highest BCUT2D eigenvalue weighted by molar-refractivity contribution is 9.10. The molecule has 2 saturated heterocycles. The van der Waals surface area contributed by atoms with E-state index < -0.39 is 0 Å². The van der Waals surface area contributed by atoms with E-state index in [9.17, 15) is 0 Å². The summed E-state index contributed by atoms with van der Waals surface area (Å²) in [7, 11) is 0. The van der Waals surface area contributed by atoms with Gasteiger partial charge in [-0.15, -0.1) is 0 Å². The lowest BCUT2D eigenvalue weighted by molar-refractivity contribution is -0.0117. The highest BCUT2D eigenvalue weighted by Gasteiger charge is 2.30. The first-order valence-electron chi connectivity index (χ1n) is 6.12. The molecule has 98 valence electrons. The monoisotopic (exact) mass is 331 g/mol. The van der Waals surface area contributed by atoms with Gasteiger partial charge < -0.3 is 9.64 Å². The van der Waals surface area contributed by atoms with E-state index in [0.29, 0.717) is 11.1 Å². The Morgan fingerprint density at radius 3 is 3.11 bits per heavy atom. The molecule has 1 atom stereocenters. The maximum Gasteiger partial charge on any atom is 0.147 e. The molecule has 0 aromatic carbocycles. The standard InChI is InChI=1S/C12H15BrClN3O/c13-9-5-11(14)12(15-6-9)17-2-1-16-3-4-18-8-10(16)7-17/h5-6,10H,1-4,7-8H2/t10-/m1/s1. The molecular weight excluding hydrogens is 318 g/mol. The minimum atomic E-state index is 0.467. The summed E-state index contributed by atoms with van der Waals surface area (Å²) >= 11 is 9.64. The van der Waals surface area contributed by atoms with Gasteiger partial charge in [0.05, 0.1) is 24.3 Å². The van der Waals surface area contributed by atoms with Gasteiger partial charge in [0.15, 0.2) is 0 Å². The Kier molecular flexibility index (Phi) is 3.75. The number of morpholine rings is 1. The van der Waals surface area contributed by atoms with Crippen molar-refractivity contribution < 1.29 is 4.74 Å². The number of aromatic nitrogens is 1. The molecule has 0 saturated carbocycles. The first kappa shape index (κ1) is 12.7. The first-order chi connectivity index (χ1) is 8.74. The van der Waals surface area contributed by atoms with Crippen LogP contribution in [0, 0.1) is 0 Å². The molecule has 0 unspecified atom stereocenters. The Morgan fingerprint density at radius 1 is 1.39 bits per heavy atom. The van der Waals surface area contributed by atoms with Crippen molar-refractivity contribution in [1.82, 2.24) is 9.88 Å². The summed E-state index contributed by atoms with van der Waals surface area (Å²) in [5.74, 6) is 0.880. The number of ether oxygens (including phenoxy) is 1. The summed E-state index contributed by atoms with van der Waals surface area (Å²) in [6.45, 7) is 5.68. The van der Waals surface area contributed by atoms with E-state index in [1.165, 1.54) is 0 Å². The molecule has 2 aliphatic heterocycles. The lowest BCUT2D eigenvalue weighted by Crippen LogP contribution is -2.58. The number of piperazine rings is 1. The van der Waals surface area contributed by atoms with Gasteiger partial charge in [0.2, 0.25) is 0 Å². The van der Waals surface area contributed by atoms with Crippen LogP contribution < -0.4 is 4.90 Å². The number of halogens is 2. The molecule has 0 radical (unpaired) electrons. The third-order valence-electron chi connectivity index (χ3n) is 3.53. The smallest absolute Gasteiger partial charge is 0.147 e. The molecule has 1 aromatic rings. The van der Waals surface area contributed by atoms with Crippen LogP contribution in [0.1, 0.15) is 0 Å². The fraction of sp³-hybridized carbons (Fsp3) is 0.583.